The van der Waals surface area contributed by atoms with Gasteiger partial charge in [-0.15, -0.1) is 0 Å². The zero-order valence-corrected chi connectivity index (χ0v) is 19.5. The van der Waals surface area contributed by atoms with Gasteiger partial charge in [-0.05, 0) is 48.9 Å². The first-order chi connectivity index (χ1) is 17.7. The lowest BCUT2D eigenvalue weighted by Crippen LogP contribution is -2.21. The molecule has 5 rings (SSSR count). The molecule has 0 aliphatic heterocycles. The fourth-order valence-electron chi connectivity index (χ4n) is 4.10. The molecule has 0 aliphatic rings. The van der Waals surface area contributed by atoms with E-state index in [1.807, 2.05) is 41.0 Å². The molecule has 0 atom stereocenters. The number of para-hydroxylation sites is 2. The molecule has 0 saturated heterocycles. The SMILES string of the molecule is Cc1cc(NC(=O)c2ccccc2C(F)(F)F)n(-c2nc3ccccc3n2Cc2ccc(C#N)cc2)n1. The third-order valence-corrected chi connectivity index (χ3v) is 5.80. The number of fused-ring (bicyclic) bond motifs is 1. The highest BCUT2D eigenvalue weighted by molar-refractivity contribution is 6.05. The van der Waals surface area contributed by atoms with Crippen LogP contribution in [0.2, 0.25) is 0 Å². The van der Waals surface area contributed by atoms with E-state index in [9.17, 15) is 18.0 Å². The van der Waals surface area contributed by atoms with Crippen LogP contribution in [0.3, 0.4) is 0 Å². The van der Waals surface area contributed by atoms with Gasteiger partial charge >= 0.3 is 6.18 Å². The van der Waals surface area contributed by atoms with Crippen LogP contribution < -0.4 is 5.32 Å². The molecule has 0 radical (unpaired) electrons. The highest BCUT2D eigenvalue weighted by Gasteiger charge is 2.35. The second-order valence-corrected chi connectivity index (χ2v) is 8.38. The van der Waals surface area contributed by atoms with Gasteiger partial charge in [0.2, 0.25) is 5.95 Å². The van der Waals surface area contributed by atoms with Crippen LogP contribution in [0.15, 0.2) is 78.9 Å². The van der Waals surface area contributed by atoms with Crippen molar-refractivity contribution in [2.75, 3.05) is 5.32 Å². The first-order valence-corrected chi connectivity index (χ1v) is 11.2. The van der Waals surface area contributed by atoms with Crippen LogP contribution >= 0.6 is 0 Å². The van der Waals surface area contributed by atoms with Crippen LogP contribution in [0.25, 0.3) is 17.0 Å². The van der Waals surface area contributed by atoms with Gasteiger partial charge in [0.05, 0.1) is 46.0 Å². The van der Waals surface area contributed by atoms with Crippen LogP contribution in [0.4, 0.5) is 19.0 Å². The molecule has 3 aromatic carbocycles. The summed E-state index contributed by atoms with van der Waals surface area (Å²) in [4.78, 5) is 17.7. The maximum absolute atomic E-state index is 13.5. The Bertz CT molecular complexity index is 1660. The van der Waals surface area contributed by atoms with Crippen molar-refractivity contribution >= 4 is 22.8 Å². The number of halogens is 3. The topological polar surface area (TPSA) is 88.5 Å². The van der Waals surface area contributed by atoms with Crippen molar-refractivity contribution in [1.29, 1.82) is 5.26 Å². The summed E-state index contributed by atoms with van der Waals surface area (Å²) in [5.41, 5.74) is 1.93. The maximum Gasteiger partial charge on any atom is 0.417 e. The summed E-state index contributed by atoms with van der Waals surface area (Å²) in [6.07, 6.45) is -4.68. The normalized spacial score (nSPS) is 11.4. The van der Waals surface area contributed by atoms with Crippen LogP contribution in [0, 0.1) is 18.3 Å². The fraction of sp³-hybridized carbons (Fsp3) is 0.111. The Morgan fingerprint density at radius 1 is 1.03 bits per heavy atom. The van der Waals surface area contributed by atoms with E-state index in [1.54, 1.807) is 25.1 Å². The molecule has 37 heavy (non-hydrogen) atoms. The third kappa shape index (κ3) is 4.67. The Labute approximate surface area is 209 Å². The Hall–Kier alpha value is -4.91. The monoisotopic (exact) mass is 500 g/mol. The molecule has 1 N–H and O–H groups in total. The highest BCUT2D eigenvalue weighted by atomic mass is 19.4. The number of aromatic nitrogens is 4. The minimum atomic E-state index is -4.68. The van der Waals surface area contributed by atoms with Gasteiger partial charge in [-0.3, -0.25) is 4.79 Å². The molecule has 0 bridgehead atoms. The van der Waals surface area contributed by atoms with Gasteiger partial charge in [-0.25, -0.2) is 4.98 Å². The smallest absolute Gasteiger partial charge is 0.306 e. The van der Waals surface area contributed by atoms with E-state index in [2.05, 4.69) is 16.5 Å². The number of rotatable bonds is 5. The molecule has 7 nitrogen and oxygen atoms in total. The molecule has 2 heterocycles. The van der Waals surface area contributed by atoms with Crippen LogP contribution in [0.5, 0.6) is 0 Å². The van der Waals surface area contributed by atoms with Gasteiger partial charge in [0.1, 0.15) is 5.82 Å². The van der Waals surface area contributed by atoms with Gasteiger partial charge in [-0.2, -0.15) is 28.2 Å². The molecular weight excluding hydrogens is 481 g/mol. The van der Waals surface area contributed by atoms with Crippen molar-refractivity contribution in [2.45, 2.75) is 19.6 Å². The minimum Gasteiger partial charge on any atom is -0.306 e. The van der Waals surface area contributed by atoms with E-state index in [0.717, 1.165) is 23.2 Å². The highest BCUT2D eigenvalue weighted by Crippen LogP contribution is 2.32. The third-order valence-electron chi connectivity index (χ3n) is 5.80. The van der Waals surface area contributed by atoms with Gasteiger partial charge in [0.25, 0.3) is 5.91 Å². The average molecular weight is 500 g/mol. The van der Waals surface area contributed by atoms with E-state index < -0.39 is 23.2 Å². The van der Waals surface area contributed by atoms with Crippen molar-refractivity contribution in [1.82, 2.24) is 19.3 Å². The lowest BCUT2D eigenvalue weighted by molar-refractivity contribution is -0.137. The quantitative estimate of drug-likeness (QED) is 0.334. The lowest BCUT2D eigenvalue weighted by Gasteiger charge is -2.14. The molecule has 10 heteroatoms. The fourth-order valence-corrected chi connectivity index (χ4v) is 4.10. The van der Waals surface area contributed by atoms with Crippen LogP contribution in [-0.2, 0) is 12.7 Å². The van der Waals surface area contributed by atoms with Crippen molar-refractivity contribution in [3.05, 3.63) is 107 Å². The zero-order chi connectivity index (χ0) is 26.2. The molecule has 0 saturated carbocycles. The Morgan fingerprint density at radius 3 is 2.46 bits per heavy atom. The number of nitrogens with zero attached hydrogens (tertiary/aromatic N) is 5. The number of nitriles is 1. The zero-order valence-electron chi connectivity index (χ0n) is 19.5. The second kappa shape index (κ2) is 9.28. The Kier molecular flexibility index (Phi) is 5.97. The number of alkyl halides is 3. The van der Waals surface area contributed by atoms with E-state index in [1.165, 1.54) is 16.8 Å². The number of benzene rings is 3. The summed E-state index contributed by atoms with van der Waals surface area (Å²) in [5, 5.41) is 16.2. The standard InChI is InChI=1S/C27H19F3N6O/c1-17-14-24(33-25(37)20-6-2-3-7-21(20)27(28,29)30)36(34-17)26-32-22-8-4-5-9-23(22)35(26)16-19-12-10-18(15-31)11-13-19/h2-14H,16H2,1H3,(H,33,37). The molecule has 5 aromatic rings. The van der Waals surface area contributed by atoms with Crippen molar-refractivity contribution < 1.29 is 18.0 Å². The summed E-state index contributed by atoms with van der Waals surface area (Å²) in [6, 6.07) is 22.8. The predicted molar refractivity (Wildman–Crippen MR) is 131 cm³/mol. The van der Waals surface area contributed by atoms with Crippen LogP contribution in [-0.4, -0.2) is 25.2 Å². The largest absolute Gasteiger partial charge is 0.417 e. The van der Waals surface area contributed by atoms with Crippen molar-refractivity contribution in [3.8, 4) is 12.0 Å². The van der Waals surface area contributed by atoms with E-state index >= 15 is 0 Å². The van der Waals surface area contributed by atoms with Gasteiger partial charge < -0.3 is 9.88 Å². The molecule has 0 spiro atoms. The van der Waals surface area contributed by atoms with E-state index in [0.29, 0.717) is 29.3 Å². The summed E-state index contributed by atoms with van der Waals surface area (Å²) >= 11 is 0. The first-order valence-electron chi connectivity index (χ1n) is 11.2. The number of hydrogen-bond acceptors (Lipinski definition) is 4. The second-order valence-electron chi connectivity index (χ2n) is 8.38. The summed E-state index contributed by atoms with van der Waals surface area (Å²) in [6.45, 7) is 2.09. The number of carbonyl (C=O) groups excluding carboxylic acids is 1. The molecule has 0 aliphatic carbocycles. The first kappa shape index (κ1) is 23.8. The van der Waals surface area contributed by atoms with Gasteiger partial charge in [0, 0.05) is 6.07 Å². The van der Waals surface area contributed by atoms with Gasteiger partial charge in [-0.1, -0.05) is 36.4 Å². The molecule has 184 valence electrons. The maximum atomic E-state index is 13.5. The van der Waals surface area contributed by atoms with E-state index in [-0.39, 0.29) is 5.82 Å². The lowest BCUT2D eigenvalue weighted by atomic mass is 10.1. The summed E-state index contributed by atoms with van der Waals surface area (Å²) in [7, 11) is 0. The molecule has 0 fully saturated rings. The Morgan fingerprint density at radius 2 is 1.73 bits per heavy atom. The average Bonchev–Trinajstić information content (AvgIpc) is 3.43. The summed E-state index contributed by atoms with van der Waals surface area (Å²) in [5.74, 6) is -0.363. The molecule has 1 amide bonds. The number of anilines is 1. The van der Waals surface area contributed by atoms with Gasteiger partial charge in [0.15, 0.2) is 0 Å². The minimum absolute atomic E-state index is 0.177. The van der Waals surface area contributed by atoms with Crippen molar-refractivity contribution in [3.63, 3.8) is 0 Å². The number of carbonyl (C=O) groups is 1. The van der Waals surface area contributed by atoms with Crippen LogP contribution in [0.1, 0.15) is 32.7 Å². The van der Waals surface area contributed by atoms with Crippen molar-refractivity contribution in [2.24, 2.45) is 0 Å². The number of nitrogens with one attached hydrogen (secondary N) is 1. The predicted octanol–water partition coefficient (Wildman–Crippen LogP) is 5.72. The van der Waals surface area contributed by atoms with E-state index in [4.69, 9.17) is 10.2 Å². The number of amides is 1. The molecule has 0 unspecified atom stereocenters. The molecule has 2 aromatic heterocycles. The number of imidazole rings is 1. The Balaban J connectivity index is 1.57. The summed E-state index contributed by atoms with van der Waals surface area (Å²) < 4.78 is 43.8. The molecular formula is C27H19F3N6O. The number of aryl methyl sites for hydroxylation is 1. The number of hydrogen-bond donors (Lipinski definition) is 1.